The molecule has 1 atom stereocenters. The molecule has 1 unspecified atom stereocenters. The van der Waals surface area contributed by atoms with Crippen molar-refractivity contribution in [1.82, 2.24) is 0 Å². The number of rotatable bonds is 4. The van der Waals surface area contributed by atoms with Crippen molar-refractivity contribution in [3.8, 4) is 0 Å². The smallest absolute Gasteiger partial charge is 0.205 e. The van der Waals surface area contributed by atoms with E-state index in [1.807, 2.05) is 26.0 Å². The van der Waals surface area contributed by atoms with Gasteiger partial charge in [-0.1, -0.05) is 30.7 Å². The Morgan fingerprint density at radius 1 is 1.37 bits per heavy atom. The van der Waals surface area contributed by atoms with Gasteiger partial charge in [-0.3, -0.25) is 0 Å². The maximum Gasteiger partial charge on any atom is 0.205 e. The Morgan fingerprint density at radius 2 is 2.05 bits per heavy atom. The van der Waals surface area contributed by atoms with Gasteiger partial charge in [0.15, 0.2) is 0 Å². The SMILES string of the molecule is CC/C=C(\C1CCCO1)S(=O)(=O)c1ccc(C)cc1. The quantitative estimate of drug-likeness (QED) is 0.850. The highest BCUT2D eigenvalue weighted by Gasteiger charge is 2.30. The fraction of sp³-hybridized carbons (Fsp3) is 0.467. The molecule has 1 fully saturated rings. The van der Waals surface area contributed by atoms with Crippen LogP contribution < -0.4 is 0 Å². The molecule has 0 aromatic heterocycles. The molecule has 1 aliphatic heterocycles. The molecule has 1 aliphatic rings. The first-order valence-corrected chi connectivity index (χ1v) is 8.17. The van der Waals surface area contributed by atoms with Crippen LogP contribution in [-0.4, -0.2) is 21.1 Å². The van der Waals surface area contributed by atoms with Gasteiger partial charge in [-0.15, -0.1) is 0 Å². The summed E-state index contributed by atoms with van der Waals surface area (Å²) in [6, 6.07) is 6.99. The molecule has 0 aliphatic carbocycles. The molecule has 1 saturated heterocycles. The maximum absolute atomic E-state index is 12.7. The monoisotopic (exact) mass is 280 g/mol. The van der Waals surface area contributed by atoms with E-state index in [9.17, 15) is 8.42 Å². The molecule has 3 nitrogen and oxygen atoms in total. The lowest BCUT2D eigenvalue weighted by atomic mass is 10.2. The molecule has 0 saturated carbocycles. The van der Waals surface area contributed by atoms with Crippen LogP contribution in [-0.2, 0) is 14.6 Å². The molecular weight excluding hydrogens is 260 g/mol. The molecule has 19 heavy (non-hydrogen) atoms. The Hall–Kier alpha value is -1.13. The van der Waals surface area contributed by atoms with Gasteiger partial charge in [-0.2, -0.15) is 0 Å². The third-order valence-electron chi connectivity index (χ3n) is 3.29. The normalized spacial score (nSPS) is 20.7. The molecule has 4 heteroatoms. The lowest BCUT2D eigenvalue weighted by molar-refractivity contribution is 0.142. The topological polar surface area (TPSA) is 43.4 Å². The van der Waals surface area contributed by atoms with E-state index in [-0.39, 0.29) is 6.10 Å². The highest BCUT2D eigenvalue weighted by atomic mass is 32.2. The lowest BCUT2D eigenvalue weighted by Crippen LogP contribution is -2.18. The van der Waals surface area contributed by atoms with Crippen molar-refractivity contribution >= 4 is 9.84 Å². The Balaban J connectivity index is 2.39. The van der Waals surface area contributed by atoms with Gasteiger partial charge in [-0.25, -0.2) is 8.42 Å². The van der Waals surface area contributed by atoms with Gasteiger partial charge in [0, 0.05) is 6.61 Å². The Kier molecular flexibility index (Phi) is 4.42. The summed E-state index contributed by atoms with van der Waals surface area (Å²) in [6.45, 7) is 4.54. The molecule has 1 aromatic rings. The number of sulfone groups is 1. The van der Waals surface area contributed by atoms with Crippen LogP contribution in [0.3, 0.4) is 0 Å². The zero-order valence-corrected chi connectivity index (χ0v) is 12.2. The number of benzene rings is 1. The van der Waals surface area contributed by atoms with E-state index in [2.05, 4.69) is 0 Å². The summed E-state index contributed by atoms with van der Waals surface area (Å²) in [5.74, 6) is 0. The molecule has 0 amide bonds. The number of ether oxygens (including phenoxy) is 1. The van der Waals surface area contributed by atoms with Crippen molar-refractivity contribution in [1.29, 1.82) is 0 Å². The van der Waals surface area contributed by atoms with Crippen LogP contribution in [0, 0.1) is 6.92 Å². The van der Waals surface area contributed by atoms with Crippen LogP contribution in [0.25, 0.3) is 0 Å². The van der Waals surface area contributed by atoms with Crippen LogP contribution in [0.5, 0.6) is 0 Å². The van der Waals surface area contributed by atoms with Crippen LogP contribution >= 0.6 is 0 Å². The maximum atomic E-state index is 12.7. The third-order valence-corrected chi connectivity index (χ3v) is 5.24. The Morgan fingerprint density at radius 3 is 2.58 bits per heavy atom. The number of hydrogen-bond acceptors (Lipinski definition) is 3. The molecule has 1 heterocycles. The number of hydrogen-bond donors (Lipinski definition) is 0. The predicted molar refractivity (Wildman–Crippen MR) is 75.7 cm³/mol. The third kappa shape index (κ3) is 3.07. The van der Waals surface area contributed by atoms with Crippen molar-refractivity contribution in [2.75, 3.05) is 6.61 Å². The van der Waals surface area contributed by atoms with Gasteiger partial charge in [0.25, 0.3) is 0 Å². The second-order valence-corrected chi connectivity index (χ2v) is 6.78. The van der Waals surface area contributed by atoms with Gasteiger partial charge >= 0.3 is 0 Å². The van der Waals surface area contributed by atoms with Gasteiger partial charge in [-0.05, 0) is 38.3 Å². The lowest BCUT2D eigenvalue weighted by Gasteiger charge is -2.15. The second kappa shape index (κ2) is 5.88. The van der Waals surface area contributed by atoms with E-state index in [0.717, 1.165) is 18.4 Å². The first kappa shape index (κ1) is 14.3. The van der Waals surface area contributed by atoms with Gasteiger partial charge in [0.05, 0.1) is 15.9 Å². The van der Waals surface area contributed by atoms with E-state index >= 15 is 0 Å². The molecule has 2 rings (SSSR count). The first-order valence-electron chi connectivity index (χ1n) is 6.69. The molecule has 104 valence electrons. The van der Waals surface area contributed by atoms with Crippen LogP contribution in [0.1, 0.15) is 31.7 Å². The van der Waals surface area contributed by atoms with Crippen molar-refractivity contribution in [2.24, 2.45) is 0 Å². The summed E-state index contributed by atoms with van der Waals surface area (Å²) in [6.07, 6.45) is 3.92. The standard InChI is InChI=1S/C15H20O3S/c1-3-5-15(14-6-4-11-18-14)19(16,17)13-9-7-12(2)8-10-13/h5,7-10,14H,3-4,6,11H2,1-2H3/b15-5+. The minimum Gasteiger partial charge on any atom is -0.373 e. The summed E-state index contributed by atoms with van der Waals surface area (Å²) in [7, 11) is -3.43. The summed E-state index contributed by atoms with van der Waals surface area (Å²) < 4.78 is 30.9. The predicted octanol–water partition coefficient (Wildman–Crippen LogP) is 3.24. The van der Waals surface area contributed by atoms with E-state index in [1.165, 1.54) is 0 Å². The molecular formula is C15H20O3S. The molecule has 0 bridgehead atoms. The molecule has 0 spiro atoms. The van der Waals surface area contributed by atoms with Crippen LogP contribution in [0.4, 0.5) is 0 Å². The van der Waals surface area contributed by atoms with Crippen molar-refractivity contribution in [2.45, 2.75) is 44.1 Å². The van der Waals surface area contributed by atoms with E-state index in [4.69, 9.17) is 4.74 Å². The summed E-state index contributed by atoms with van der Waals surface area (Å²) in [5, 5.41) is 0. The molecule has 0 N–H and O–H groups in total. The van der Waals surface area contributed by atoms with Crippen molar-refractivity contribution < 1.29 is 13.2 Å². The van der Waals surface area contributed by atoms with E-state index < -0.39 is 9.84 Å². The number of allylic oxidation sites excluding steroid dienone is 1. The first-order chi connectivity index (χ1) is 9.05. The van der Waals surface area contributed by atoms with Crippen LogP contribution in [0.2, 0.25) is 0 Å². The highest BCUT2D eigenvalue weighted by Crippen LogP contribution is 2.29. The summed E-state index contributed by atoms with van der Waals surface area (Å²) in [4.78, 5) is 0.782. The Labute approximate surface area is 115 Å². The average Bonchev–Trinajstić information content (AvgIpc) is 2.89. The van der Waals surface area contributed by atoms with E-state index in [1.54, 1.807) is 18.2 Å². The van der Waals surface area contributed by atoms with Crippen molar-refractivity contribution in [3.05, 3.63) is 40.8 Å². The molecule has 1 aromatic carbocycles. The largest absolute Gasteiger partial charge is 0.373 e. The minimum absolute atomic E-state index is 0.272. The van der Waals surface area contributed by atoms with Crippen LogP contribution in [0.15, 0.2) is 40.1 Å². The number of aryl methyl sites for hydroxylation is 1. The molecule has 0 radical (unpaired) electrons. The zero-order chi connectivity index (χ0) is 13.9. The average molecular weight is 280 g/mol. The Bertz CT molecular complexity index is 550. The van der Waals surface area contributed by atoms with Crippen molar-refractivity contribution in [3.63, 3.8) is 0 Å². The fourth-order valence-electron chi connectivity index (χ4n) is 2.27. The fourth-order valence-corrected chi connectivity index (χ4v) is 3.96. The van der Waals surface area contributed by atoms with E-state index in [0.29, 0.717) is 22.8 Å². The second-order valence-electron chi connectivity index (χ2n) is 4.83. The highest BCUT2D eigenvalue weighted by molar-refractivity contribution is 7.95. The summed E-state index contributed by atoms with van der Waals surface area (Å²) in [5.41, 5.74) is 1.05. The van der Waals surface area contributed by atoms with Gasteiger partial charge < -0.3 is 4.74 Å². The summed E-state index contributed by atoms with van der Waals surface area (Å²) >= 11 is 0. The zero-order valence-electron chi connectivity index (χ0n) is 11.4. The minimum atomic E-state index is -3.43. The van der Waals surface area contributed by atoms with Gasteiger partial charge in [0.1, 0.15) is 0 Å². The van der Waals surface area contributed by atoms with Gasteiger partial charge in [0.2, 0.25) is 9.84 Å².